The second kappa shape index (κ2) is 4.69. The Kier molecular flexibility index (Phi) is 3.21. The second-order valence-electron chi connectivity index (χ2n) is 3.80. The van der Waals surface area contributed by atoms with Gasteiger partial charge >= 0.3 is 0 Å². The van der Waals surface area contributed by atoms with Gasteiger partial charge in [0.2, 0.25) is 0 Å². The molecule has 0 radical (unpaired) electrons. The molecule has 0 aliphatic heterocycles. The van der Waals surface area contributed by atoms with Crippen molar-refractivity contribution in [3.63, 3.8) is 0 Å². The average molecular weight is 282 g/mol. The maximum atomic E-state index is 11.9. The normalized spacial score (nSPS) is 11.2. The van der Waals surface area contributed by atoms with Gasteiger partial charge in [-0.1, -0.05) is 6.07 Å². The van der Waals surface area contributed by atoms with E-state index in [0.717, 1.165) is 0 Å². The van der Waals surface area contributed by atoms with Crippen LogP contribution in [0.15, 0.2) is 35.5 Å². The number of nitro groups is 1. The van der Waals surface area contributed by atoms with Crippen LogP contribution in [0.3, 0.4) is 0 Å². The molecule has 0 saturated carbocycles. The first-order valence-electron chi connectivity index (χ1n) is 5.17. The molecule has 0 fully saturated rings. The predicted molar refractivity (Wildman–Crippen MR) is 67.2 cm³/mol. The third kappa shape index (κ3) is 2.71. The maximum absolute atomic E-state index is 11.9. The molecule has 0 aliphatic rings. The van der Waals surface area contributed by atoms with Crippen molar-refractivity contribution >= 4 is 21.4 Å². The number of aromatic amines is 1. The summed E-state index contributed by atoms with van der Waals surface area (Å²) in [5.74, 6) is 0. The lowest BCUT2D eigenvalue weighted by Gasteiger charge is -2.07. The summed E-state index contributed by atoms with van der Waals surface area (Å²) in [6.45, 7) is 1.68. The van der Waals surface area contributed by atoms with E-state index in [4.69, 9.17) is 0 Å². The van der Waals surface area contributed by atoms with Crippen molar-refractivity contribution in [3.05, 3.63) is 46.1 Å². The lowest BCUT2D eigenvalue weighted by atomic mass is 10.2. The SMILES string of the molecule is Cc1ccc(NS(=O)(=O)c2ccn[nH]2)c([N+](=O)[O-])c1. The van der Waals surface area contributed by atoms with Gasteiger partial charge in [0.1, 0.15) is 5.69 Å². The number of benzene rings is 1. The number of nitro benzene ring substituents is 1. The summed E-state index contributed by atoms with van der Waals surface area (Å²) in [6, 6.07) is 5.48. The Bertz CT molecular complexity index is 709. The van der Waals surface area contributed by atoms with Crippen molar-refractivity contribution in [1.29, 1.82) is 0 Å². The van der Waals surface area contributed by atoms with Crippen LogP contribution in [0.5, 0.6) is 0 Å². The number of anilines is 1. The van der Waals surface area contributed by atoms with Gasteiger partial charge in [-0.05, 0) is 24.6 Å². The molecule has 9 heteroatoms. The molecule has 19 heavy (non-hydrogen) atoms. The van der Waals surface area contributed by atoms with E-state index in [1.165, 1.54) is 24.4 Å². The van der Waals surface area contributed by atoms with Gasteiger partial charge in [0.05, 0.1) is 11.1 Å². The van der Waals surface area contributed by atoms with Gasteiger partial charge in [0.15, 0.2) is 5.03 Å². The lowest BCUT2D eigenvalue weighted by Crippen LogP contribution is -2.14. The minimum absolute atomic E-state index is 0.0924. The third-order valence-corrected chi connectivity index (χ3v) is 3.65. The monoisotopic (exact) mass is 282 g/mol. The quantitative estimate of drug-likeness (QED) is 0.649. The number of rotatable bonds is 4. The standard InChI is InChI=1S/C10H10N4O4S/c1-7-2-3-8(9(6-7)14(15)16)13-19(17,18)10-4-5-11-12-10/h2-6,13H,1H3,(H,11,12). The molecule has 2 aromatic rings. The van der Waals surface area contributed by atoms with Crippen molar-refractivity contribution in [2.24, 2.45) is 0 Å². The zero-order valence-corrected chi connectivity index (χ0v) is 10.6. The zero-order chi connectivity index (χ0) is 14.0. The van der Waals surface area contributed by atoms with E-state index >= 15 is 0 Å². The van der Waals surface area contributed by atoms with Gasteiger partial charge in [-0.3, -0.25) is 19.9 Å². The number of hydrogen-bond donors (Lipinski definition) is 2. The number of aromatic nitrogens is 2. The van der Waals surface area contributed by atoms with Gasteiger partial charge < -0.3 is 0 Å². The van der Waals surface area contributed by atoms with Crippen molar-refractivity contribution in [2.75, 3.05) is 4.72 Å². The van der Waals surface area contributed by atoms with Crippen molar-refractivity contribution in [2.45, 2.75) is 11.9 Å². The largest absolute Gasteiger partial charge is 0.293 e. The molecule has 2 N–H and O–H groups in total. The molecular weight excluding hydrogens is 272 g/mol. The van der Waals surface area contributed by atoms with Crippen LogP contribution in [-0.2, 0) is 10.0 Å². The van der Waals surface area contributed by atoms with Gasteiger partial charge in [0, 0.05) is 6.07 Å². The van der Waals surface area contributed by atoms with Crippen LogP contribution in [0.25, 0.3) is 0 Å². The van der Waals surface area contributed by atoms with E-state index < -0.39 is 14.9 Å². The molecular formula is C10H10N4O4S. The van der Waals surface area contributed by atoms with E-state index in [0.29, 0.717) is 5.56 Å². The van der Waals surface area contributed by atoms with Crippen LogP contribution >= 0.6 is 0 Å². The fourth-order valence-electron chi connectivity index (χ4n) is 1.47. The molecule has 0 amide bonds. The second-order valence-corrected chi connectivity index (χ2v) is 5.45. The Hall–Kier alpha value is -2.42. The number of nitrogens with zero attached hydrogens (tertiary/aromatic N) is 2. The molecule has 1 aromatic carbocycles. The summed E-state index contributed by atoms with van der Waals surface area (Å²) in [4.78, 5) is 10.3. The summed E-state index contributed by atoms with van der Waals surface area (Å²) < 4.78 is 26.0. The Labute approximate surface area is 108 Å². The summed E-state index contributed by atoms with van der Waals surface area (Å²) in [5, 5.41) is 16.5. The van der Waals surface area contributed by atoms with Gasteiger partial charge in [-0.2, -0.15) is 13.5 Å². The highest BCUT2D eigenvalue weighted by molar-refractivity contribution is 7.92. The fraction of sp³-hybridized carbons (Fsp3) is 0.100. The Morgan fingerprint density at radius 1 is 1.37 bits per heavy atom. The van der Waals surface area contributed by atoms with E-state index in [2.05, 4.69) is 14.9 Å². The molecule has 8 nitrogen and oxygen atoms in total. The van der Waals surface area contributed by atoms with E-state index in [1.54, 1.807) is 13.0 Å². The first kappa shape index (κ1) is 13.0. The molecule has 0 atom stereocenters. The summed E-state index contributed by atoms with van der Waals surface area (Å²) in [7, 11) is -3.91. The van der Waals surface area contributed by atoms with E-state index in [1.807, 2.05) is 0 Å². The van der Waals surface area contributed by atoms with Crippen LogP contribution in [0.1, 0.15) is 5.56 Å². The van der Waals surface area contributed by atoms with Gasteiger partial charge in [-0.25, -0.2) is 0 Å². The topological polar surface area (TPSA) is 118 Å². The van der Waals surface area contributed by atoms with E-state index in [-0.39, 0.29) is 16.4 Å². The number of nitrogens with one attached hydrogen (secondary N) is 2. The highest BCUT2D eigenvalue weighted by Crippen LogP contribution is 2.27. The molecule has 0 aliphatic carbocycles. The van der Waals surface area contributed by atoms with Crippen molar-refractivity contribution in [3.8, 4) is 0 Å². The summed E-state index contributed by atoms with van der Waals surface area (Å²) in [6.07, 6.45) is 1.28. The van der Waals surface area contributed by atoms with Crippen LogP contribution in [-0.4, -0.2) is 23.5 Å². The molecule has 1 heterocycles. The number of sulfonamides is 1. The first-order valence-corrected chi connectivity index (χ1v) is 6.66. The minimum Gasteiger partial charge on any atom is -0.272 e. The molecule has 0 spiro atoms. The van der Waals surface area contributed by atoms with E-state index in [9.17, 15) is 18.5 Å². The Balaban J connectivity index is 2.42. The summed E-state index contributed by atoms with van der Waals surface area (Å²) in [5.41, 5.74) is 0.268. The van der Waals surface area contributed by atoms with Crippen LogP contribution in [0.2, 0.25) is 0 Å². The molecule has 100 valence electrons. The Morgan fingerprint density at radius 3 is 2.68 bits per heavy atom. The van der Waals surface area contributed by atoms with Crippen LogP contribution in [0, 0.1) is 17.0 Å². The van der Waals surface area contributed by atoms with Gasteiger partial charge in [-0.15, -0.1) is 0 Å². The molecule has 0 bridgehead atoms. The third-order valence-electron chi connectivity index (χ3n) is 2.36. The van der Waals surface area contributed by atoms with Gasteiger partial charge in [0.25, 0.3) is 15.7 Å². The maximum Gasteiger partial charge on any atom is 0.293 e. The fourth-order valence-corrected chi connectivity index (χ4v) is 2.46. The van der Waals surface area contributed by atoms with Crippen LogP contribution < -0.4 is 4.72 Å². The average Bonchev–Trinajstić information content (AvgIpc) is 2.85. The summed E-state index contributed by atoms with van der Waals surface area (Å²) >= 11 is 0. The Morgan fingerprint density at radius 2 is 2.11 bits per heavy atom. The van der Waals surface area contributed by atoms with Crippen molar-refractivity contribution in [1.82, 2.24) is 10.2 Å². The predicted octanol–water partition coefficient (Wildman–Crippen LogP) is 1.43. The molecule has 1 aromatic heterocycles. The molecule has 0 saturated heterocycles. The number of aryl methyl sites for hydroxylation is 1. The highest BCUT2D eigenvalue weighted by atomic mass is 32.2. The van der Waals surface area contributed by atoms with Crippen molar-refractivity contribution < 1.29 is 13.3 Å². The smallest absolute Gasteiger partial charge is 0.272 e. The zero-order valence-electron chi connectivity index (χ0n) is 9.82. The minimum atomic E-state index is -3.91. The first-order chi connectivity index (χ1) is 8.90. The lowest BCUT2D eigenvalue weighted by molar-refractivity contribution is -0.383. The van der Waals surface area contributed by atoms with Crippen LogP contribution in [0.4, 0.5) is 11.4 Å². The molecule has 2 rings (SSSR count). The molecule has 0 unspecified atom stereocenters. The number of H-pyrrole nitrogens is 1. The number of hydrogen-bond acceptors (Lipinski definition) is 5. The highest BCUT2D eigenvalue weighted by Gasteiger charge is 2.21.